The minimum absolute atomic E-state index is 0.0238. The fourth-order valence-corrected chi connectivity index (χ4v) is 1.28. The maximum atomic E-state index is 13.0. The number of nitrogens with one attached hydrogen (secondary N) is 1. The molecule has 3 N–H and O–H groups in total. The van der Waals surface area contributed by atoms with Gasteiger partial charge in [0.05, 0.1) is 10.5 Å². The number of carbonyl (C=O) groups is 1. The molecule has 0 fully saturated rings. The van der Waals surface area contributed by atoms with E-state index in [1.165, 1.54) is 0 Å². The van der Waals surface area contributed by atoms with Gasteiger partial charge in [-0.3, -0.25) is 20.2 Å². The smallest absolute Gasteiger partial charge is 0.274 e. The molecule has 0 bridgehead atoms. The highest BCUT2D eigenvalue weighted by molar-refractivity contribution is 5.83. The van der Waals surface area contributed by atoms with Crippen molar-refractivity contribution in [3.8, 4) is 0 Å². The van der Waals surface area contributed by atoms with E-state index in [2.05, 4.69) is 5.32 Å². The van der Waals surface area contributed by atoms with Gasteiger partial charge in [0.25, 0.3) is 5.69 Å². The Morgan fingerprint density at radius 3 is 2.67 bits per heavy atom. The van der Waals surface area contributed by atoms with Gasteiger partial charge in [0.15, 0.2) is 0 Å². The molecule has 0 aliphatic rings. The summed E-state index contributed by atoms with van der Waals surface area (Å²) in [7, 11) is 0. The molecule has 1 amide bonds. The van der Waals surface area contributed by atoms with Gasteiger partial charge in [-0.1, -0.05) is 0 Å². The molecule has 98 valence electrons. The van der Waals surface area contributed by atoms with Crippen molar-refractivity contribution in [3.63, 3.8) is 0 Å². The highest BCUT2D eigenvalue weighted by Crippen LogP contribution is 2.20. The number of hydrogen-bond donors (Lipinski definition) is 2. The molecule has 1 aromatic carbocycles. The minimum atomic E-state index is -1.03. The number of carbonyl (C=O) groups excluding carboxylic acids is 1. The zero-order chi connectivity index (χ0) is 13.9. The fourth-order valence-electron chi connectivity index (χ4n) is 1.28. The van der Waals surface area contributed by atoms with Crippen LogP contribution in [-0.4, -0.2) is 16.4 Å². The molecule has 6 nitrogen and oxygen atoms in total. The lowest BCUT2D eigenvalue weighted by molar-refractivity contribution is -0.385. The number of primary amides is 1. The van der Waals surface area contributed by atoms with Gasteiger partial charge in [0.1, 0.15) is 5.82 Å². The van der Waals surface area contributed by atoms with Crippen LogP contribution in [0, 0.1) is 15.9 Å². The summed E-state index contributed by atoms with van der Waals surface area (Å²) in [5, 5.41) is 13.5. The second-order valence-corrected chi connectivity index (χ2v) is 4.37. The Morgan fingerprint density at radius 1 is 1.56 bits per heavy atom. The van der Waals surface area contributed by atoms with Crippen LogP contribution in [-0.2, 0) is 11.3 Å². The lowest BCUT2D eigenvalue weighted by Gasteiger charge is -2.22. The number of amides is 1. The zero-order valence-corrected chi connectivity index (χ0v) is 10.1. The Morgan fingerprint density at radius 2 is 2.17 bits per heavy atom. The predicted molar refractivity (Wildman–Crippen MR) is 63.2 cm³/mol. The van der Waals surface area contributed by atoms with Crippen LogP contribution in [0.5, 0.6) is 0 Å². The van der Waals surface area contributed by atoms with Gasteiger partial charge in [0.2, 0.25) is 5.91 Å². The van der Waals surface area contributed by atoms with Crippen molar-refractivity contribution < 1.29 is 14.1 Å². The van der Waals surface area contributed by atoms with E-state index in [1.54, 1.807) is 13.8 Å². The summed E-state index contributed by atoms with van der Waals surface area (Å²) < 4.78 is 13.0. The molecule has 0 aliphatic heterocycles. The molecule has 0 unspecified atom stereocenters. The third-order valence-electron chi connectivity index (χ3n) is 2.58. The lowest BCUT2D eigenvalue weighted by atomic mass is 10.0. The standard InChI is InChI=1S/C11H14FN3O3/c1-11(2,10(13)16)14-6-7-5-8(12)3-4-9(7)15(17)18/h3-5,14H,6H2,1-2H3,(H2,13,16). The second kappa shape index (κ2) is 5.09. The molecule has 0 heterocycles. The average molecular weight is 255 g/mol. The number of rotatable bonds is 5. The van der Waals surface area contributed by atoms with Gasteiger partial charge in [-0.15, -0.1) is 0 Å². The van der Waals surface area contributed by atoms with Crippen LogP contribution in [0.25, 0.3) is 0 Å². The molecule has 0 radical (unpaired) electrons. The third-order valence-corrected chi connectivity index (χ3v) is 2.58. The Bertz CT molecular complexity index is 488. The first-order valence-corrected chi connectivity index (χ1v) is 5.22. The topological polar surface area (TPSA) is 98.3 Å². The van der Waals surface area contributed by atoms with Gasteiger partial charge in [-0.2, -0.15) is 0 Å². The Kier molecular flexibility index (Phi) is 3.97. The molecule has 7 heteroatoms. The summed E-state index contributed by atoms with van der Waals surface area (Å²) in [6.07, 6.45) is 0. The van der Waals surface area contributed by atoms with E-state index in [9.17, 15) is 19.3 Å². The van der Waals surface area contributed by atoms with E-state index in [4.69, 9.17) is 5.73 Å². The number of nitro benzene ring substituents is 1. The van der Waals surface area contributed by atoms with Crippen molar-refractivity contribution in [2.75, 3.05) is 0 Å². The molecule has 0 aliphatic carbocycles. The van der Waals surface area contributed by atoms with Crippen LogP contribution in [0.15, 0.2) is 18.2 Å². The maximum absolute atomic E-state index is 13.0. The monoisotopic (exact) mass is 255 g/mol. The highest BCUT2D eigenvalue weighted by Gasteiger charge is 2.25. The molecular weight excluding hydrogens is 241 g/mol. The molecular formula is C11H14FN3O3. The van der Waals surface area contributed by atoms with Gasteiger partial charge in [-0.05, 0) is 26.0 Å². The van der Waals surface area contributed by atoms with E-state index in [0.717, 1.165) is 18.2 Å². The van der Waals surface area contributed by atoms with Crippen LogP contribution >= 0.6 is 0 Å². The van der Waals surface area contributed by atoms with Gasteiger partial charge < -0.3 is 5.73 Å². The van der Waals surface area contributed by atoms with Crippen LogP contribution in [0.3, 0.4) is 0 Å². The molecule has 1 rings (SSSR count). The Labute approximate surface area is 103 Å². The summed E-state index contributed by atoms with van der Waals surface area (Å²) in [5.41, 5.74) is 4.08. The first kappa shape index (κ1) is 14.0. The summed E-state index contributed by atoms with van der Waals surface area (Å²) in [6.45, 7) is 3.06. The number of nitro groups is 1. The number of nitrogens with zero attached hydrogens (tertiary/aromatic N) is 1. The summed E-state index contributed by atoms with van der Waals surface area (Å²) >= 11 is 0. The lowest BCUT2D eigenvalue weighted by Crippen LogP contribution is -2.50. The van der Waals surface area contributed by atoms with Crippen LogP contribution in [0.2, 0.25) is 0 Å². The minimum Gasteiger partial charge on any atom is -0.368 e. The first-order valence-electron chi connectivity index (χ1n) is 5.22. The average Bonchev–Trinajstić information content (AvgIpc) is 2.26. The molecule has 0 atom stereocenters. The van der Waals surface area contributed by atoms with Gasteiger partial charge in [0, 0.05) is 18.2 Å². The first-order chi connectivity index (χ1) is 8.24. The van der Waals surface area contributed by atoms with Crippen molar-refractivity contribution >= 4 is 11.6 Å². The van der Waals surface area contributed by atoms with Crippen molar-refractivity contribution in [2.24, 2.45) is 5.73 Å². The number of benzene rings is 1. The van der Waals surface area contributed by atoms with Crippen LogP contribution < -0.4 is 11.1 Å². The summed E-state index contributed by atoms with van der Waals surface area (Å²) in [4.78, 5) is 21.2. The number of nitrogens with two attached hydrogens (primary N) is 1. The number of halogens is 1. The molecule has 0 spiro atoms. The quantitative estimate of drug-likeness (QED) is 0.607. The van der Waals surface area contributed by atoms with Crippen molar-refractivity contribution in [1.29, 1.82) is 0 Å². The van der Waals surface area contributed by atoms with E-state index < -0.39 is 22.2 Å². The predicted octanol–water partition coefficient (Wildman–Crippen LogP) is 1.09. The second-order valence-electron chi connectivity index (χ2n) is 4.37. The largest absolute Gasteiger partial charge is 0.368 e. The summed E-state index contributed by atoms with van der Waals surface area (Å²) in [5.74, 6) is -1.17. The SMILES string of the molecule is CC(C)(NCc1cc(F)ccc1[N+](=O)[O-])C(N)=O. The normalized spacial score (nSPS) is 11.3. The number of hydrogen-bond acceptors (Lipinski definition) is 4. The van der Waals surface area contributed by atoms with E-state index in [0.29, 0.717) is 0 Å². The van der Waals surface area contributed by atoms with Gasteiger partial charge >= 0.3 is 0 Å². The maximum Gasteiger partial charge on any atom is 0.274 e. The van der Waals surface area contributed by atoms with E-state index in [-0.39, 0.29) is 17.8 Å². The van der Waals surface area contributed by atoms with Crippen molar-refractivity contribution in [3.05, 3.63) is 39.7 Å². The van der Waals surface area contributed by atoms with E-state index in [1.807, 2.05) is 0 Å². The van der Waals surface area contributed by atoms with Crippen molar-refractivity contribution in [2.45, 2.75) is 25.9 Å². The third kappa shape index (κ3) is 3.24. The Balaban J connectivity index is 2.94. The Hall–Kier alpha value is -2.02. The molecule has 0 aromatic heterocycles. The molecule has 1 aromatic rings. The molecule has 18 heavy (non-hydrogen) atoms. The highest BCUT2D eigenvalue weighted by atomic mass is 19.1. The zero-order valence-electron chi connectivity index (χ0n) is 10.1. The van der Waals surface area contributed by atoms with Gasteiger partial charge in [-0.25, -0.2) is 4.39 Å². The van der Waals surface area contributed by atoms with Crippen LogP contribution in [0.4, 0.5) is 10.1 Å². The molecule has 0 saturated carbocycles. The van der Waals surface area contributed by atoms with Crippen molar-refractivity contribution in [1.82, 2.24) is 5.32 Å². The van der Waals surface area contributed by atoms with Crippen LogP contribution in [0.1, 0.15) is 19.4 Å². The fraction of sp³-hybridized carbons (Fsp3) is 0.364. The molecule has 0 saturated heterocycles. The summed E-state index contributed by atoms with van der Waals surface area (Å²) in [6, 6.07) is 3.16. The van der Waals surface area contributed by atoms with E-state index >= 15 is 0 Å².